The van der Waals surface area contributed by atoms with E-state index >= 15 is 0 Å². The molecule has 8 heteroatoms. The maximum Gasteiger partial charge on any atom is 0.272 e. The average Bonchev–Trinajstić information content (AvgIpc) is 2.79. The van der Waals surface area contributed by atoms with Crippen LogP contribution in [-0.4, -0.2) is 79.5 Å². The van der Waals surface area contributed by atoms with Crippen LogP contribution in [0.25, 0.3) is 0 Å². The van der Waals surface area contributed by atoms with Gasteiger partial charge in [-0.3, -0.25) is 9.59 Å². The van der Waals surface area contributed by atoms with E-state index in [0.29, 0.717) is 37.6 Å². The summed E-state index contributed by atoms with van der Waals surface area (Å²) in [5, 5.41) is 0. The zero-order valence-electron chi connectivity index (χ0n) is 16.2. The fraction of sp³-hybridized carbons (Fsp3) is 0.381. The van der Waals surface area contributed by atoms with E-state index in [1.165, 1.54) is 6.07 Å². The number of piperazine rings is 2. The van der Waals surface area contributed by atoms with Gasteiger partial charge in [-0.15, -0.1) is 0 Å². The second-order valence-corrected chi connectivity index (χ2v) is 7.26. The largest absolute Gasteiger partial charge is 0.367 e. The summed E-state index contributed by atoms with van der Waals surface area (Å²) >= 11 is 0. The molecule has 2 saturated heterocycles. The first-order valence-corrected chi connectivity index (χ1v) is 9.85. The van der Waals surface area contributed by atoms with Crippen molar-refractivity contribution in [3.05, 3.63) is 54.1 Å². The lowest BCUT2D eigenvalue weighted by atomic mass is 10.2. The fourth-order valence-electron chi connectivity index (χ4n) is 3.81. The monoisotopic (exact) mass is 397 g/mol. The molecule has 7 nitrogen and oxygen atoms in total. The van der Waals surface area contributed by atoms with Crippen molar-refractivity contribution in [3.63, 3.8) is 0 Å². The van der Waals surface area contributed by atoms with Crippen molar-refractivity contribution in [2.75, 3.05) is 62.2 Å². The highest BCUT2D eigenvalue weighted by molar-refractivity contribution is 5.92. The van der Waals surface area contributed by atoms with Crippen LogP contribution in [-0.2, 0) is 4.79 Å². The van der Waals surface area contributed by atoms with Crippen molar-refractivity contribution >= 4 is 23.7 Å². The summed E-state index contributed by atoms with van der Waals surface area (Å²) in [6.07, 6.45) is 2.55. The Morgan fingerprint density at radius 1 is 0.897 bits per heavy atom. The van der Waals surface area contributed by atoms with E-state index in [1.807, 2.05) is 18.2 Å². The van der Waals surface area contributed by atoms with Crippen LogP contribution in [0.4, 0.5) is 15.8 Å². The number of anilines is 2. The van der Waals surface area contributed by atoms with Gasteiger partial charge in [0.25, 0.3) is 5.91 Å². The molecule has 2 aliphatic heterocycles. The summed E-state index contributed by atoms with van der Waals surface area (Å²) in [4.78, 5) is 35.4. The van der Waals surface area contributed by atoms with E-state index < -0.39 is 0 Å². The molecule has 2 aliphatic rings. The zero-order chi connectivity index (χ0) is 20.2. The van der Waals surface area contributed by atoms with Crippen LogP contribution in [0.15, 0.2) is 42.6 Å². The van der Waals surface area contributed by atoms with Gasteiger partial charge in [-0.2, -0.15) is 0 Å². The van der Waals surface area contributed by atoms with Gasteiger partial charge in [-0.1, -0.05) is 12.1 Å². The van der Waals surface area contributed by atoms with Gasteiger partial charge in [-0.05, 0) is 24.3 Å². The van der Waals surface area contributed by atoms with Crippen LogP contribution in [0, 0.1) is 5.82 Å². The van der Waals surface area contributed by atoms with E-state index in [0.717, 1.165) is 38.3 Å². The Labute approximate surface area is 169 Å². The molecule has 29 heavy (non-hydrogen) atoms. The quantitative estimate of drug-likeness (QED) is 0.731. The van der Waals surface area contributed by atoms with Crippen molar-refractivity contribution < 1.29 is 14.0 Å². The third-order valence-electron chi connectivity index (χ3n) is 5.56. The number of benzene rings is 1. The Balaban J connectivity index is 1.35. The lowest BCUT2D eigenvalue weighted by Gasteiger charge is -2.37. The van der Waals surface area contributed by atoms with Gasteiger partial charge in [0, 0.05) is 52.4 Å². The number of aromatic nitrogens is 1. The number of hydrogen-bond acceptors (Lipinski definition) is 5. The lowest BCUT2D eigenvalue weighted by Crippen LogP contribution is -2.48. The van der Waals surface area contributed by atoms with E-state index in [-0.39, 0.29) is 11.7 Å². The number of halogens is 1. The maximum atomic E-state index is 14.0. The summed E-state index contributed by atoms with van der Waals surface area (Å²) < 4.78 is 14.0. The van der Waals surface area contributed by atoms with Crippen LogP contribution in [0.1, 0.15) is 10.5 Å². The number of carbonyl (C=O) groups excluding carboxylic acids is 2. The number of nitrogens with zero attached hydrogens (tertiary/aromatic N) is 5. The molecule has 0 saturated carbocycles. The summed E-state index contributed by atoms with van der Waals surface area (Å²) in [5.74, 6) is -0.300. The van der Waals surface area contributed by atoms with Crippen molar-refractivity contribution in [2.45, 2.75) is 0 Å². The molecule has 152 valence electrons. The van der Waals surface area contributed by atoms with Crippen molar-refractivity contribution in [3.8, 4) is 0 Å². The predicted molar refractivity (Wildman–Crippen MR) is 109 cm³/mol. The third-order valence-corrected chi connectivity index (χ3v) is 5.56. The molecule has 1 aromatic heterocycles. The van der Waals surface area contributed by atoms with Crippen LogP contribution in [0.2, 0.25) is 0 Å². The second kappa shape index (κ2) is 8.46. The van der Waals surface area contributed by atoms with Gasteiger partial charge in [-0.25, -0.2) is 9.37 Å². The number of hydrogen-bond donors (Lipinski definition) is 0. The van der Waals surface area contributed by atoms with Gasteiger partial charge in [0.1, 0.15) is 11.5 Å². The third kappa shape index (κ3) is 4.16. The first-order chi connectivity index (χ1) is 14.2. The van der Waals surface area contributed by atoms with Crippen molar-refractivity contribution in [1.29, 1.82) is 0 Å². The molecule has 0 radical (unpaired) electrons. The molecule has 0 N–H and O–H groups in total. The number of pyridine rings is 1. The molecule has 2 fully saturated rings. The van der Waals surface area contributed by atoms with Crippen LogP contribution in [0.3, 0.4) is 0 Å². The normalized spacial score (nSPS) is 17.4. The minimum atomic E-state index is -0.195. The Bertz CT molecular complexity index is 860. The second-order valence-electron chi connectivity index (χ2n) is 7.26. The van der Waals surface area contributed by atoms with E-state index in [2.05, 4.69) is 14.8 Å². The standard InChI is InChI=1S/C21H24FN5O2/c22-18-3-1-2-4-20(18)26-13-11-25(12-14-26)17-5-6-19(23-15-17)21(29)27-9-7-24(16-28)8-10-27/h1-6,15-16H,7-14H2. The average molecular weight is 397 g/mol. The SMILES string of the molecule is O=CN1CCN(C(=O)c2ccc(N3CCN(c4ccccc4F)CC3)cn2)CC1. The van der Waals surface area contributed by atoms with E-state index in [9.17, 15) is 14.0 Å². The smallest absolute Gasteiger partial charge is 0.272 e. The Morgan fingerprint density at radius 2 is 1.59 bits per heavy atom. The predicted octanol–water partition coefficient (Wildman–Crippen LogP) is 1.46. The first-order valence-electron chi connectivity index (χ1n) is 9.85. The van der Waals surface area contributed by atoms with Gasteiger partial charge in [0.05, 0.1) is 17.6 Å². The summed E-state index contributed by atoms with van der Waals surface area (Å²) in [7, 11) is 0. The molecule has 0 atom stereocenters. The molecule has 2 aromatic rings. The molecule has 0 unspecified atom stereocenters. The molecule has 2 amide bonds. The molecule has 0 spiro atoms. The molecule has 0 bridgehead atoms. The van der Waals surface area contributed by atoms with Crippen molar-refractivity contribution in [1.82, 2.24) is 14.8 Å². The molecule has 0 aliphatic carbocycles. The number of para-hydroxylation sites is 1. The minimum Gasteiger partial charge on any atom is -0.367 e. The number of rotatable bonds is 4. The summed E-state index contributed by atoms with van der Waals surface area (Å²) in [5.41, 5.74) is 2.01. The van der Waals surface area contributed by atoms with Gasteiger partial charge in [0.15, 0.2) is 0 Å². The maximum absolute atomic E-state index is 14.0. The fourth-order valence-corrected chi connectivity index (χ4v) is 3.81. The van der Waals surface area contributed by atoms with Gasteiger partial charge < -0.3 is 19.6 Å². The summed E-state index contributed by atoms with van der Waals surface area (Å²) in [6.45, 7) is 5.14. The summed E-state index contributed by atoms with van der Waals surface area (Å²) in [6, 6.07) is 10.5. The van der Waals surface area contributed by atoms with Gasteiger partial charge in [0.2, 0.25) is 6.41 Å². The highest BCUT2D eigenvalue weighted by Crippen LogP contribution is 2.22. The van der Waals surface area contributed by atoms with Gasteiger partial charge >= 0.3 is 0 Å². The van der Waals surface area contributed by atoms with E-state index in [4.69, 9.17) is 0 Å². The highest BCUT2D eigenvalue weighted by Gasteiger charge is 2.23. The van der Waals surface area contributed by atoms with E-state index in [1.54, 1.807) is 28.1 Å². The lowest BCUT2D eigenvalue weighted by molar-refractivity contribution is -0.119. The van der Waals surface area contributed by atoms with Crippen molar-refractivity contribution in [2.24, 2.45) is 0 Å². The Morgan fingerprint density at radius 3 is 2.21 bits per heavy atom. The van der Waals surface area contributed by atoms with Crippen LogP contribution in [0.5, 0.6) is 0 Å². The molecule has 3 heterocycles. The molecule has 4 rings (SSSR count). The highest BCUT2D eigenvalue weighted by atomic mass is 19.1. The number of carbonyl (C=O) groups is 2. The molecule has 1 aromatic carbocycles. The Kier molecular flexibility index (Phi) is 5.59. The Hall–Kier alpha value is -3.16. The first kappa shape index (κ1) is 19.2. The van der Waals surface area contributed by atoms with Crippen LogP contribution < -0.4 is 9.80 Å². The molecular formula is C21H24FN5O2. The topological polar surface area (TPSA) is 60.0 Å². The minimum absolute atomic E-state index is 0.105. The number of amides is 2. The van der Waals surface area contributed by atoms with Crippen LogP contribution >= 0.6 is 0 Å². The molecular weight excluding hydrogens is 373 g/mol. The zero-order valence-corrected chi connectivity index (χ0v) is 16.2.